The molecule has 0 spiro atoms. The number of nitrogens with one attached hydrogen (secondary N) is 1. The lowest BCUT2D eigenvalue weighted by Gasteiger charge is -2.23. The van der Waals surface area contributed by atoms with Crippen LogP contribution in [-0.2, 0) is 12.8 Å². The van der Waals surface area contributed by atoms with E-state index >= 15 is 0 Å². The van der Waals surface area contributed by atoms with Crippen LogP contribution in [-0.4, -0.2) is 13.1 Å². The van der Waals surface area contributed by atoms with Gasteiger partial charge in [-0.15, -0.1) is 0 Å². The second-order valence-electron chi connectivity index (χ2n) is 6.99. The Morgan fingerprint density at radius 2 is 1.63 bits per heavy atom. The van der Waals surface area contributed by atoms with E-state index in [0.717, 1.165) is 23.7 Å². The molecule has 1 aromatic rings. The van der Waals surface area contributed by atoms with Gasteiger partial charge in [0.25, 0.3) is 0 Å². The summed E-state index contributed by atoms with van der Waals surface area (Å²) in [6.45, 7) is 7.00. The minimum Gasteiger partial charge on any atom is -0.316 e. The zero-order chi connectivity index (χ0) is 13.2. The highest BCUT2D eigenvalue weighted by Gasteiger charge is 2.38. The zero-order valence-electron chi connectivity index (χ0n) is 12.4. The molecule has 0 heterocycles. The minimum atomic E-state index is 0.764. The molecule has 2 aliphatic carbocycles. The van der Waals surface area contributed by atoms with Crippen LogP contribution in [0.15, 0.2) is 24.3 Å². The number of hydrogen-bond donors (Lipinski definition) is 1. The molecule has 3 rings (SSSR count). The van der Waals surface area contributed by atoms with E-state index in [1.807, 2.05) is 0 Å². The average Bonchev–Trinajstić information content (AvgIpc) is 2.65. The van der Waals surface area contributed by atoms with Gasteiger partial charge in [-0.3, -0.25) is 0 Å². The third kappa shape index (κ3) is 2.86. The Morgan fingerprint density at radius 1 is 1.05 bits per heavy atom. The van der Waals surface area contributed by atoms with Crippen molar-refractivity contribution in [2.24, 2.45) is 23.7 Å². The summed E-state index contributed by atoms with van der Waals surface area (Å²) >= 11 is 0. The molecule has 0 radical (unpaired) electrons. The van der Waals surface area contributed by atoms with Crippen LogP contribution in [0, 0.1) is 23.7 Å². The monoisotopic (exact) mass is 257 g/mol. The van der Waals surface area contributed by atoms with E-state index in [9.17, 15) is 0 Å². The summed E-state index contributed by atoms with van der Waals surface area (Å²) in [7, 11) is 0. The van der Waals surface area contributed by atoms with Gasteiger partial charge in [-0.05, 0) is 73.6 Å². The van der Waals surface area contributed by atoms with Gasteiger partial charge in [0.1, 0.15) is 0 Å². The first kappa shape index (κ1) is 13.2. The summed E-state index contributed by atoms with van der Waals surface area (Å²) in [5.74, 6) is 3.52. The summed E-state index contributed by atoms with van der Waals surface area (Å²) in [5, 5.41) is 3.71. The summed E-state index contributed by atoms with van der Waals surface area (Å²) < 4.78 is 0. The van der Waals surface area contributed by atoms with Crippen LogP contribution in [0.25, 0.3) is 0 Å². The summed E-state index contributed by atoms with van der Waals surface area (Å²) in [5.41, 5.74) is 3.26. The van der Waals surface area contributed by atoms with Crippen LogP contribution in [0.3, 0.4) is 0 Å². The van der Waals surface area contributed by atoms with Gasteiger partial charge >= 0.3 is 0 Å². The van der Waals surface area contributed by atoms with E-state index in [1.54, 1.807) is 11.1 Å². The van der Waals surface area contributed by atoms with Gasteiger partial charge < -0.3 is 5.32 Å². The van der Waals surface area contributed by atoms with Gasteiger partial charge in [-0.1, -0.05) is 38.1 Å². The average molecular weight is 257 g/mol. The summed E-state index contributed by atoms with van der Waals surface area (Å²) in [4.78, 5) is 0. The molecule has 1 N–H and O–H groups in total. The molecule has 2 unspecified atom stereocenters. The highest BCUT2D eigenvalue weighted by Crippen LogP contribution is 2.43. The highest BCUT2D eigenvalue weighted by molar-refractivity contribution is 5.30. The molecule has 1 nitrogen and oxygen atoms in total. The summed E-state index contributed by atoms with van der Waals surface area (Å²) in [6.07, 6.45) is 5.54. The molecular formula is C18H27N. The van der Waals surface area contributed by atoms with Crippen LogP contribution in [0.1, 0.15) is 37.8 Å². The van der Waals surface area contributed by atoms with E-state index in [0.29, 0.717) is 0 Å². The normalized spacial score (nSPS) is 29.3. The van der Waals surface area contributed by atoms with Crippen LogP contribution in [0.5, 0.6) is 0 Å². The lowest BCUT2D eigenvalue weighted by atomic mass is 9.87. The lowest BCUT2D eigenvalue weighted by Crippen LogP contribution is -2.31. The van der Waals surface area contributed by atoms with Gasteiger partial charge in [0.15, 0.2) is 0 Å². The molecule has 0 amide bonds. The van der Waals surface area contributed by atoms with Crippen molar-refractivity contribution in [3.63, 3.8) is 0 Å². The van der Waals surface area contributed by atoms with Gasteiger partial charge in [0, 0.05) is 0 Å². The van der Waals surface area contributed by atoms with Crippen LogP contribution in [0.2, 0.25) is 0 Å². The van der Waals surface area contributed by atoms with Gasteiger partial charge in [0.05, 0.1) is 0 Å². The van der Waals surface area contributed by atoms with Crippen molar-refractivity contribution in [2.75, 3.05) is 13.1 Å². The molecule has 1 aromatic carbocycles. The Hall–Kier alpha value is -0.820. The summed E-state index contributed by atoms with van der Waals surface area (Å²) in [6, 6.07) is 9.14. The van der Waals surface area contributed by atoms with Gasteiger partial charge in [0.2, 0.25) is 0 Å². The largest absolute Gasteiger partial charge is 0.316 e. The van der Waals surface area contributed by atoms with Crippen LogP contribution in [0.4, 0.5) is 0 Å². The standard InChI is InChI=1S/C18H27N/c1-13(2)11-19-12-18-16-7-8-17(18)10-15-6-4-3-5-14(15)9-16/h3-6,13,16-19H,7-12H2,1-2H3. The van der Waals surface area contributed by atoms with E-state index < -0.39 is 0 Å². The molecule has 2 atom stereocenters. The maximum Gasteiger partial charge on any atom is -0.00149 e. The second kappa shape index (κ2) is 5.66. The number of hydrogen-bond acceptors (Lipinski definition) is 1. The maximum atomic E-state index is 3.71. The fourth-order valence-corrected chi connectivity index (χ4v) is 4.14. The van der Waals surface area contributed by atoms with Crippen molar-refractivity contribution in [3.8, 4) is 0 Å². The van der Waals surface area contributed by atoms with E-state index in [1.165, 1.54) is 38.8 Å². The van der Waals surface area contributed by atoms with Crippen LogP contribution < -0.4 is 5.32 Å². The van der Waals surface area contributed by atoms with Crippen molar-refractivity contribution in [3.05, 3.63) is 35.4 Å². The third-order valence-electron chi connectivity index (χ3n) is 5.13. The topological polar surface area (TPSA) is 12.0 Å². The first-order valence-corrected chi connectivity index (χ1v) is 8.01. The van der Waals surface area contributed by atoms with Gasteiger partial charge in [-0.25, -0.2) is 0 Å². The number of rotatable bonds is 4. The molecule has 1 heteroatoms. The lowest BCUT2D eigenvalue weighted by molar-refractivity contribution is 0.299. The Morgan fingerprint density at radius 3 is 2.16 bits per heavy atom. The zero-order valence-corrected chi connectivity index (χ0v) is 12.4. The number of fused-ring (bicyclic) bond motifs is 3. The smallest absolute Gasteiger partial charge is 0.00149 e. The molecular weight excluding hydrogens is 230 g/mol. The van der Waals surface area contributed by atoms with Crippen molar-refractivity contribution < 1.29 is 0 Å². The highest BCUT2D eigenvalue weighted by atomic mass is 14.9. The predicted molar refractivity (Wildman–Crippen MR) is 81.3 cm³/mol. The van der Waals surface area contributed by atoms with E-state index in [-0.39, 0.29) is 0 Å². The van der Waals surface area contributed by atoms with Crippen LogP contribution >= 0.6 is 0 Å². The predicted octanol–water partition coefficient (Wildman–Crippen LogP) is 3.67. The number of benzene rings is 1. The Bertz CT molecular complexity index is 390. The van der Waals surface area contributed by atoms with Crippen molar-refractivity contribution in [1.29, 1.82) is 0 Å². The molecule has 2 bridgehead atoms. The Kier molecular flexibility index (Phi) is 3.93. The molecule has 2 aliphatic rings. The maximum absolute atomic E-state index is 3.71. The fourth-order valence-electron chi connectivity index (χ4n) is 4.14. The molecule has 0 aromatic heterocycles. The van der Waals surface area contributed by atoms with E-state index in [2.05, 4.69) is 43.4 Å². The van der Waals surface area contributed by atoms with Crippen molar-refractivity contribution in [1.82, 2.24) is 5.32 Å². The molecule has 19 heavy (non-hydrogen) atoms. The SMILES string of the molecule is CC(C)CNCC1C2CCC1Cc1ccccc1C2. The Balaban J connectivity index is 1.69. The molecule has 0 aliphatic heterocycles. The molecule has 1 fully saturated rings. The van der Waals surface area contributed by atoms with Gasteiger partial charge in [-0.2, -0.15) is 0 Å². The molecule has 0 saturated heterocycles. The quantitative estimate of drug-likeness (QED) is 0.868. The van der Waals surface area contributed by atoms with Crippen molar-refractivity contribution >= 4 is 0 Å². The first-order valence-electron chi connectivity index (χ1n) is 8.01. The fraction of sp³-hybridized carbons (Fsp3) is 0.667. The minimum absolute atomic E-state index is 0.764. The molecule has 1 saturated carbocycles. The van der Waals surface area contributed by atoms with Crippen molar-refractivity contribution in [2.45, 2.75) is 39.5 Å². The third-order valence-corrected chi connectivity index (χ3v) is 5.13. The second-order valence-corrected chi connectivity index (χ2v) is 6.99. The Labute approximate surface area is 117 Å². The van der Waals surface area contributed by atoms with E-state index in [4.69, 9.17) is 0 Å². The molecule has 104 valence electrons. The first-order chi connectivity index (χ1) is 9.24.